The van der Waals surface area contributed by atoms with Gasteiger partial charge in [-0.15, -0.1) is 0 Å². The molecule has 0 aliphatic rings. The molecule has 0 amide bonds. The van der Waals surface area contributed by atoms with Crippen LogP contribution in [0, 0.1) is 34.5 Å². The van der Waals surface area contributed by atoms with Crippen LogP contribution in [0.2, 0.25) is 0 Å². The Hall–Kier alpha value is -1.73. The van der Waals surface area contributed by atoms with Crippen molar-refractivity contribution in [1.82, 2.24) is 0 Å². The van der Waals surface area contributed by atoms with Crippen molar-refractivity contribution in [3.8, 4) is 17.9 Å². The molecule has 1 heteroatoms. The molecule has 0 unspecified atom stereocenters. The van der Waals surface area contributed by atoms with E-state index in [1.54, 1.807) is 0 Å². The molecule has 0 fully saturated rings. The fourth-order valence-electron chi connectivity index (χ4n) is 2.16. The maximum atomic E-state index is 8.68. The van der Waals surface area contributed by atoms with Gasteiger partial charge in [-0.05, 0) is 43.9 Å². The van der Waals surface area contributed by atoms with Crippen LogP contribution < -0.4 is 0 Å². The van der Waals surface area contributed by atoms with Gasteiger partial charge in [-0.3, -0.25) is 0 Å². The Labute approximate surface area is 111 Å². The van der Waals surface area contributed by atoms with Gasteiger partial charge in [-0.2, -0.15) is 5.26 Å². The largest absolute Gasteiger partial charge is 0.198 e. The topological polar surface area (TPSA) is 23.8 Å². The third-order valence-electron chi connectivity index (χ3n) is 2.67. The van der Waals surface area contributed by atoms with Crippen molar-refractivity contribution in [3.05, 3.63) is 35.4 Å². The zero-order valence-electron chi connectivity index (χ0n) is 11.7. The molecule has 1 rings (SSSR count). The lowest BCUT2D eigenvalue weighted by molar-refractivity contribution is 0.381. The molecule has 0 heterocycles. The first-order chi connectivity index (χ1) is 8.43. The molecule has 0 aliphatic heterocycles. The number of hydrogen-bond donors (Lipinski definition) is 0. The number of nitriles is 1. The van der Waals surface area contributed by atoms with Crippen LogP contribution in [-0.2, 0) is 6.42 Å². The quantitative estimate of drug-likeness (QED) is 0.726. The summed E-state index contributed by atoms with van der Waals surface area (Å²) in [6, 6.07) is 10.1. The van der Waals surface area contributed by atoms with Gasteiger partial charge >= 0.3 is 0 Å². The minimum Gasteiger partial charge on any atom is -0.198 e. The van der Waals surface area contributed by atoms with Crippen molar-refractivity contribution in [2.24, 2.45) is 11.3 Å². The second kappa shape index (κ2) is 6.27. The van der Waals surface area contributed by atoms with Crippen LogP contribution in [0.5, 0.6) is 0 Å². The first-order valence-electron chi connectivity index (χ1n) is 6.42. The predicted octanol–water partition coefficient (Wildman–Crippen LogP) is 4.18. The van der Waals surface area contributed by atoms with Crippen molar-refractivity contribution in [1.29, 1.82) is 5.26 Å². The summed E-state index contributed by atoms with van der Waals surface area (Å²) in [4.78, 5) is 0. The average Bonchev–Trinajstić information content (AvgIpc) is 2.26. The van der Waals surface area contributed by atoms with E-state index in [0.717, 1.165) is 17.5 Å². The Morgan fingerprint density at radius 2 is 2.00 bits per heavy atom. The number of nitrogens with zero attached hydrogens (tertiary/aromatic N) is 1. The second-order valence-corrected chi connectivity index (χ2v) is 5.77. The van der Waals surface area contributed by atoms with Crippen molar-refractivity contribution >= 4 is 0 Å². The van der Waals surface area contributed by atoms with Gasteiger partial charge in [0.25, 0.3) is 0 Å². The minimum absolute atomic E-state index is 0.0411. The number of rotatable bonds is 3. The molecule has 1 aromatic rings. The Kier molecular flexibility index (Phi) is 4.99. The van der Waals surface area contributed by atoms with E-state index in [-0.39, 0.29) is 5.41 Å². The Bertz CT molecular complexity index is 492. The highest BCUT2D eigenvalue weighted by atomic mass is 14.2. The first-order valence-corrected chi connectivity index (χ1v) is 6.42. The average molecular weight is 239 g/mol. The second-order valence-electron chi connectivity index (χ2n) is 5.77. The van der Waals surface area contributed by atoms with E-state index >= 15 is 0 Å². The molecule has 94 valence electrons. The highest BCUT2D eigenvalue weighted by Gasteiger charge is 2.15. The van der Waals surface area contributed by atoms with Gasteiger partial charge in [0.1, 0.15) is 0 Å². The van der Waals surface area contributed by atoms with E-state index < -0.39 is 0 Å². The summed E-state index contributed by atoms with van der Waals surface area (Å²) in [7, 11) is 0. The summed E-state index contributed by atoms with van der Waals surface area (Å²) in [6.45, 7) is 8.80. The fraction of sp³-hybridized carbons (Fsp3) is 0.471. The normalized spacial score (nSPS) is 10.7. The molecule has 0 bridgehead atoms. The van der Waals surface area contributed by atoms with E-state index in [4.69, 9.17) is 5.26 Å². The molecule has 0 N–H and O–H groups in total. The van der Waals surface area contributed by atoms with Gasteiger partial charge < -0.3 is 0 Å². The molecular weight excluding hydrogens is 218 g/mol. The van der Waals surface area contributed by atoms with E-state index in [1.165, 1.54) is 0 Å². The molecule has 18 heavy (non-hydrogen) atoms. The van der Waals surface area contributed by atoms with Gasteiger partial charge in [0, 0.05) is 11.0 Å². The third kappa shape index (κ3) is 5.07. The highest BCUT2D eigenvalue weighted by molar-refractivity contribution is 5.38. The minimum atomic E-state index is 0.0411. The zero-order valence-corrected chi connectivity index (χ0v) is 11.7. The lowest BCUT2D eigenvalue weighted by atomic mass is 9.84. The Morgan fingerprint density at radius 1 is 1.28 bits per heavy atom. The monoisotopic (exact) mass is 239 g/mol. The first kappa shape index (κ1) is 14.3. The van der Waals surface area contributed by atoms with Crippen molar-refractivity contribution in [3.63, 3.8) is 0 Å². The summed E-state index contributed by atoms with van der Waals surface area (Å²) >= 11 is 0. The van der Waals surface area contributed by atoms with E-state index in [2.05, 4.69) is 45.6 Å². The molecule has 1 nitrogen and oxygen atoms in total. The standard InChI is InChI=1S/C17H21N/c1-14(2)13-17(3,4)10-8-15-6-5-7-16(12-15)9-11-18/h5-7,12,14H,9,13H2,1-4H3. The SMILES string of the molecule is CC(C)CC(C)(C)C#Cc1cccc(CC#N)c1. The smallest absolute Gasteiger partial charge is 0.0669 e. The third-order valence-corrected chi connectivity index (χ3v) is 2.67. The molecule has 0 saturated heterocycles. The van der Waals surface area contributed by atoms with Crippen LogP contribution in [0.3, 0.4) is 0 Å². The maximum absolute atomic E-state index is 8.68. The number of benzene rings is 1. The Balaban J connectivity index is 2.85. The van der Waals surface area contributed by atoms with Crippen molar-refractivity contribution in [2.75, 3.05) is 0 Å². The molecule has 0 aliphatic carbocycles. The van der Waals surface area contributed by atoms with Crippen LogP contribution in [0.15, 0.2) is 24.3 Å². The van der Waals surface area contributed by atoms with Gasteiger partial charge in [-0.25, -0.2) is 0 Å². The van der Waals surface area contributed by atoms with Crippen molar-refractivity contribution in [2.45, 2.75) is 40.5 Å². The van der Waals surface area contributed by atoms with E-state index in [0.29, 0.717) is 12.3 Å². The number of hydrogen-bond acceptors (Lipinski definition) is 1. The van der Waals surface area contributed by atoms with Gasteiger partial charge in [0.15, 0.2) is 0 Å². The molecule has 0 atom stereocenters. The van der Waals surface area contributed by atoms with Crippen LogP contribution in [0.1, 0.15) is 45.2 Å². The van der Waals surface area contributed by atoms with E-state index in [1.807, 2.05) is 24.3 Å². The van der Waals surface area contributed by atoms with E-state index in [9.17, 15) is 0 Å². The Morgan fingerprint density at radius 3 is 2.61 bits per heavy atom. The van der Waals surface area contributed by atoms with Crippen LogP contribution >= 0.6 is 0 Å². The highest BCUT2D eigenvalue weighted by Crippen LogP contribution is 2.24. The molecule has 0 aromatic heterocycles. The van der Waals surface area contributed by atoms with Crippen LogP contribution in [0.4, 0.5) is 0 Å². The summed E-state index contributed by atoms with van der Waals surface area (Å²) in [6.07, 6.45) is 1.54. The summed E-state index contributed by atoms with van der Waals surface area (Å²) in [5, 5.41) is 8.68. The predicted molar refractivity (Wildman–Crippen MR) is 75.9 cm³/mol. The van der Waals surface area contributed by atoms with Crippen LogP contribution in [0.25, 0.3) is 0 Å². The van der Waals surface area contributed by atoms with Gasteiger partial charge in [-0.1, -0.05) is 37.8 Å². The summed E-state index contributed by atoms with van der Waals surface area (Å²) < 4.78 is 0. The zero-order chi connectivity index (χ0) is 13.6. The fourth-order valence-corrected chi connectivity index (χ4v) is 2.16. The van der Waals surface area contributed by atoms with Crippen molar-refractivity contribution < 1.29 is 0 Å². The van der Waals surface area contributed by atoms with Gasteiger partial charge in [0.2, 0.25) is 0 Å². The lowest BCUT2D eigenvalue weighted by Gasteiger charge is -2.19. The molecule has 0 saturated carbocycles. The summed E-state index contributed by atoms with van der Waals surface area (Å²) in [5.41, 5.74) is 2.07. The molecule has 1 aromatic carbocycles. The summed E-state index contributed by atoms with van der Waals surface area (Å²) in [5.74, 6) is 7.22. The lowest BCUT2D eigenvalue weighted by Crippen LogP contribution is -2.11. The van der Waals surface area contributed by atoms with Crippen LogP contribution in [-0.4, -0.2) is 0 Å². The molecule has 0 radical (unpaired) electrons. The molecule has 0 spiro atoms. The van der Waals surface area contributed by atoms with Gasteiger partial charge in [0.05, 0.1) is 12.5 Å². The maximum Gasteiger partial charge on any atom is 0.0669 e. The molecular formula is C17H21N.